The highest BCUT2D eigenvalue weighted by atomic mass is 35.5. The van der Waals surface area contributed by atoms with Crippen molar-refractivity contribution in [2.75, 3.05) is 0 Å². The first kappa shape index (κ1) is 9.28. The zero-order valence-corrected chi connectivity index (χ0v) is 8.89. The van der Waals surface area contributed by atoms with Crippen molar-refractivity contribution in [3.63, 3.8) is 0 Å². The molecule has 0 spiro atoms. The largest absolute Gasteiger partial charge is 0.278 e. The van der Waals surface area contributed by atoms with Crippen LogP contribution in [0, 0.1) is 13.8 Å². The first-order valence-corrected chi connectivity index (χ1v) is 4.83. The summed E-state index contributed by atoms with van der Waals surface area (Å²) in [7, 11) is 0. The van der Waals surface area contributed by atoms with E-state index < -0.39 is 0 Å². The van der Waals surface area contributed by atoms with Crippen LogP contribution >= 0.6 is 11.6 Å². The van der Waals surface area contributed by atoms with Crippen molar-refractivity contribution < 1.29 is 0 Å². The molecule has 72 valence electrons. The normalized spacial score (nSPS) is 10.5. The molecule has 2 nitrogen and oxygen atoms in total. The molecular formula is C11H11ClN2. The molecule has 1 aromatic carbocycles. The van der Waals surface area contributed by atoms with Gasteiger partial charge in [-0.15, -0.1) is 0 Å². The van der Waals surface area contributed by atoms with Gasteiger partial charge in [0, 0.05) is 5.56 Å². The molecule has 1 N–H and O–H groups in total. The Bertz CT molecular complexity index is 460. The molecule has 0 atom stereocenters. The van der Waals surface area contributed by atoms with E-state index in [1.807, 2.05) is 32.0 Å². The molecule has 0 fully saturated rings. The SMILES string of the molecule is Cc1ccc(-c2[nH]ncc2C)c(Cl)c1. The molecule has 0 saturated heterocycles. The van der Waals surface area contributed by atoms with Crippen LogP contribution in [0.15, 0.2) is 24.4 Å². The predicted molar refractivity (Wildman–Crippen MR) is 58.5 cm³/mol. The number of H-pyrrole nitrogens is 1. The van der Waals surface area contributed by atoms with Crippen LogP contribution in [0.25, 0.3) is 11.3 Å². The van der Waals surface area contributed by atoms with Gasteiger partial charge < -0.3 is 0 Å². The average Bonchev–Trinajstić information content (AvgIpc) is 2.52. The number of aromatic nitrogens is 2. The molecule has 3 heteroatoms. The second kappa shape index (κ2) is 3.46. The van der Waals surface area contributed by atoms with Crippen molar-refractivity contribution in [2.45, 2.75) is 13.8 Å². The summed E-state index contributed by atoms with van der Waals surface area (Å²) >= 11 is 6.15. The van der Waals surface area contributed by atoms with Crippen LogP contribution in [0.1, 0.15) is 11.1 Å². The standard InChI is InChI=1S/C11H11ClN2/c1-7-3-4-9(10(12)5-7)11-8(2)6-13-14-11/h3-6H,1-2H3,(H,13,14). The number of rotatable bonds is 1. The summed E-state index contributed by atoms with van der Waals surface area (Å²) in [6.07, 6.45) is 1.80. The lowest BCUT2D eigenvalue weighted by molar-refractivity contribution is 1.09. The van der Waals surface area contributed by atoms with E-state index in [-0.39, 0.29) is 0 Å². The maximum atomic E-state index is 6.15. The van der Waals surface area contributed by atoms with Gasteiger partial charge in [0.15, 0.2) is 0 Å². The van der Waals surface area contributed by atoms with Gasteiger partial charge in [0.1, 0.15) is 0 Å². The van der Waals surface area contributed by atoms with E-state index in [1.54, 1.807) is 6.20 Å². The molecule has 0 saturated carbocycles. The molecule has 0 bridgehead atoms. The van der Waals surface area contributed by atoms with Gasteiger partial charge in [0.05, 0.1) is 16.9 Å². The summed E-state index contributed by atoms with van der Waals surface area (Å²) in [5.74, 6) is 0. The number of benzene rings is 1. The van der Waals surface area contributed by atoms with Crippen LogP contribution in [0.3, 0.4) is 0 Å². The van der Waals surface area contributed by atoms with E-state index in [1.165, 1.54) is 0 Å². The lowest BCUT2D eigenvalue weighted by atomic mass is 10.1. The van der Waals surface area contributed by atoms with Crippen LogP contribution in [-0.2, 0) is 0 Å². The number of halogens is 1. The lowest BCUT2D eigenvalue weighted by Crippen LogP contribution is -1.83. The Balaban J connectivity index is 2.58. The Morgan fingerprint density at radius 2 is 2.07 bits per heavy atom. The number of nitrogens with zero attached hydrogens (tertiary/aromatic N) is 1. The fourth-order valence-electron chi connectivity index (χ4n) is 1.44. The van der Waals surface area contributed by atoms with E-state index in [4.69, 9.17) is 11.6 Å². The van der Waals surface area contributed by atoms with Crippen molar-refractivity contribution in [1.29, 1.82) is 0 Å². The second-order valence-electron chi connectivity index (χ2n) is 3.41. The molecule has 0 aliphatic carbocycles. The first-order valence-electron chi connectivity index (χ1n) is 4.45. The van der Waals surface area contributed by atoms with Crippen molar-refractivity contribution in [3.8, 4) is 11.3 Å². The monoisotopic (exact) mass is 206 g/mol. The highest BCUT2D eigenvalue weighted by Gasteiger charge is 2.07. The maximum Gasteiger partial charge on any atom is 0.0694 e. The van der Waals surface area contributed by atoms with E-state index in [2.05, 4.69) is 10.2 Å². The van der Waals surface area contributed by atoms with Gasteiger partial charge in [0.2, 0.25) is 0 Å². The molecule has 14 heavy (non-hydrogen) atoms. The Morgan fingerprint density at radius 3 is 2.64 bits per heavy atom. The predicted octanol–water partition coefficient (Wildman–Crippen LogP) is 3.35. The minimum Gasteiger partial charge on any atom is -0.278 e. The third-order valence-corrected chi connectivity index (χ3v) is 2.54. The van der Waals surface area contributed by atoms with Crippen LogP contribution in [0.4, 0.5) is 0 Å². The number of hydrogen-bond acceptors (Lipinski definition) is 1. The molecule has 0 radical (unpaired) electrons. The van der Waals surface area contributed by atoms with Gasteiger partial charge in [-0.25, -0.2) is 0 Å². The molecule has 0 aliphatic heterocycles. The molecule has 1 aromatic heterocycles. The van der Waals surface area contributed by atoms with Crippen LogP contribution in [-0.4, -0.2) is 10.2 Å². The fraction of sp³-hybridized carbons (Fsp3) is 0.182. The number of hydrogen-bond donors (Lipinski definition) is 1. The zero-order valence-electron chi connectivity index (χ0n) is 8.13. The van der Waals surface area contributed by atoms with Crippen molar-refractivity contribution in [1.82, 2.24) is 10.2 Å². The molecule has 2 rings (SSSR count). The molecule has 1 heterocycles. The van der Waals surface area contributed by atoms with Crippen LogP contribution < -0.4 is 0 Å². The van der Waals surface area contributed by atoms with Gasteiger partial charge in [-0.05, 0) is 31.0 Å². The second-order valence-corrected chi connectivity index (χ2v) is 3.82. The number of aromatic amines is 1. The molecule has 0 aliphatic rings. The third kappa shape index (κ3) is 1.53. The first-order chi connectivity index (χ1) is 6.68. The minimum atomic E-state index is 0.761. The maximum absolute atomic E-state index is 6.15. The topological polar surface area (TPSA) is 28.7 Å². The fourth-order valence-corrected chi connectivity index (χ4v) is 1.77. The van der Waals surface area contributed by atoms with Gasteiger partial charge in [0.25, 0.3) is 0 Å². The highest BCUT2D eigenvalue weighted by Crippen LogP contribution is 2.28. The van der Waals surface area contributed by atoms with Gasteiger partial charge >= 0.3 is 0 Å². The lowest BCUT2D eigenvalue weighted by Gasteiger charge is -2.03. The summed E-state index contributed by atoms with van der Waals surface area (Å²) in [5, 5.41) is 7.69. The van der Waals surface area contributed by atoms with E-state index in [9.17, 15) is 0 Å². The third-order valence-electron chi connectivity index (χ3n) is 2.22. The summed E-state index contributed by atoms with van der Waals surface area (Å²) in [4.78, 5) is 0. The van der Waals surface area contributed by atoms with Gasteiger partial charge in [-0.1, -0.05) is 23.7 Å². The Kier molecular flexibility index (Phi) is 2.30. The van der Waals surface area contributed by atoms with Crippen LogP contribution in [0.2, 0.25) is 5.02 Å². The zero-order chi connectivity index (χ0) is 10.1. The summed E-state index contributed by atoms with van der Waals surface area (Å²) in [6, 6.07) is 6.01. The van der Waals surface area contributed by atoms with E-state index in [0.29, 0.717) is 0 Å². The Morgan fingerprint density at radius 1 is 1.29 bits per heavy atom. The Hall–Kier alpha value is -1.28. The minimum absolute atomic E-state index is 0.761. The average molecular weight is 207 g/mol. The van der Waals surface area contributed by atoms with Crippen molar-refractivity contribution in [2.24, 2.45) is 0 Å². The van der Waals surface area contributed by atoms with Gasteiger partial charge in [-0.3, -0.25) is 5.10 Å². The quantitative estimate of drug-likeness (QED) is 0.762. The van der Waals surface area contributed by atoms with Crippen LogP contribution in [0.5, 0.6) is 0 Å². The van der Waals surface area contributed by atoms with E-state index in [0.717, 1.165) is 27.4 Å². The van der Waals surface area contributed by atoms with E-state index >= 15 is 0 Å². The highest BCUT2D eigenvalue weighted by molar-refractivity contribution is 6.33. The summed E-state index contributed by atoms with van der Waals surface area (Å²) in [6.45, 7) is 4.03. The number of nitrogens with one attached hydrogen (secondary N) is 1. The molecule has 2 aromatic rings. The summed E-state index contributed by atoms with van der Waals surface area (Å²) in [5.41, 5.74) is 4.27. The van der Waals surface area contributed by atoms with Crippen molar-refractivity contribution >= 4 is 11.6 Å². The molecular weight excluding hydrogens is 196 g/mol. The summed E-state index contributed by atoms with van der Waals surface area (Å²) < 4.78 is 0. The smallest absolute Gasteiger partial charge is 0.0694 e. The Labute approximate surface area is 87.9 Å². The molecule has 0 unspecified atom stereocenters. The molecule has 0 amide bonds. The van der Waals surface area contributed by atoms with Gasteiger partial charge in [-0.2, -0.15) is 5.10 Å². The van der Waals surface area contributed by atoms with Crippen molar-refractivity contribution in [3.05, 3.63) is 40.5 Å². The number of aryl methyl sites for hydroxylation is 2.